The Balaban J connectivity index is 0.00000200. The van der Waals surface area contributed by atoms with Crippen molar-refractivity contribution >= 4 is 18.3 Å². The van der Waals surface area contributed by atoms with Crippen molar-refractivity contribution in [1.82, 2.24) is 10.2 Å². The maximum Gasteiger partial charge on any atom is 0.234 e. The summed E-state index contributed by atoms with van der Waals surface area (Å²) < 4.78 is 0. The molecular formula is C15H30ClN3O. The highest BCUT2D eigenvalue weighted by Gasteiger charge is 2.29. The summed E-state index contributed by atoms with van der Waals surface area (Å²) in [6.45, 7) is 7.88. The summed E-state index contributed by atoms with van der Waals surface area (Å²) in [6, 6.07) is 0.379. The fourth-order valence-electron chi connectivity index (χ4n) is 3.49. The highest BCUT2D eigenvalue weighted by atomic mass is 35.5. The summed E-state index contributed by atoms with van der Waals surface area (Å²) in [5.41, 5.74) is 5.68. The lowest BCUT2D eigenvalue weighted by Gasteiger charge is -2.35. The number of hydrogen-bond donors (Lipinski definition) is 2. The molecule has 0 bridgehead atoms. The van der Waals surface area contributed by atoms with Crippen LogP contribution in [0.2, 0.25) is 0 Å². The van der Waals surface area contributed by atoms with Gasteiger partial charge in [-0.3, -0.25) is 9.69 Å². The van der Waals surface area contributed by atoms with Crippen LogP contribution in [0.3, 0.4) is 0 Å². The van der Waals surface area contributed by atoms with Crippen LogP contribution in [-0.2, 0) is 4.79 Å². The average molecular weight is 304 g/mol. The highest BCUT2D eigenvalue weighted by molar-refractivity contribution is 5.85. The zero-order valence-corrected chi connectivity index (χ0v) is 13.6. The topological polar surface area (TPSA) is 58.4 Å². The number of nitrogens with two attached hydrogens (primary N) is 1. The second-order valence-electron chi connectivity index (χ2n) is 6.57. The van der Waals surface area contributed by atoms with Gasteiger partial charge < -0.3 is 11.1 Å². The molecule has 0 aromatic carbocycles. The Morgan fingerprint density at radius 2 is 2.05 bits per heavy atom. The first-order chi connectivity index (χ1) is 9.10. The maximum absolute atomic E-state index is 12.1. The molecule has 20 heavy (non-hydrogen) atoms. The van der Waals surface area contributed by atoms with Gasteiger partial charge in [0.25, 0.3) is 0 Å². The summed E-state index contributed by atoms with van der Waals surface area (Å²) in [4.78, 5) is 14.4. The van der Waals surface area contributed by atoms with Crippen LogP contribution in [0.15, 0.2) is 0 Å². The summed E-state index contributed by atoms with van der Waals surface area (Å²) in [5, 5.41) is 3.25. The number of hydrogen-bond acceptors (Lipinski definition) is 3. The number of likely N-dealkylation sites (tertiary alicyclic amines) is 1. The molecule has 1 amide bonds. The quantitative estimate of drug-likeness (QED) is 0.830. The Hall–Kier alpha value is -0.320. The minimum Gasteiger partial charge on any atom is -0.352 e. The van der Waals surface area contributed by atoms with Gasteiger partial charge in [0.15, 0.2) is 0 Å². The highest BCUT2D eigenvalue weighted by Crippen LogP contribution is 2.29. The van der Waals surface area contributed by atoms with E-state index in [0.29, 0.717) is 24.4 Å². The van der Waals surface area contributed by atoms with Gasteiger partial charge in [-0.25, -0.2) is 0 Å². The molecule has 2 aliphatic rings. The van der Waals surface area contributed by atoms with Crippen molar-refractivity contribution in [3.8, 4) is 0 Å². The Morgan fingerprint density at radius 3 is 2.70 bits per heavy atom. The van der Waals surface area contributed by atoms with Crippen molar-refractivity contribution in [1.29, 1.82) is 0 Å². The first-order valence-corrected chi connectivity index (χ1v) is 7.82. The maximum atomic E-state index is 12.1. The van der Waals surface area contributed by atoms with Crippen molar-refractivity contribution in [3.63, 3.8) is 0 Å². The van der Waals surface area contributed by atoms with Crippen LogP contribution in [0.25, 0.3) is 0 Å². The van der Waals surface area contributed by atoms with E-state index in [0.717, 1.165) is 38.4 Å². The molecule has 0 radical (unpaired) electrons. The Labute approximate surface area is 129 Å². The number of nitrogens with zero attached hydrogens (tertiary/aromatic N) is 1. The van der Waals surface area contributed by atoms with E-state index < -0.39 is 0 Å². The van der Waals surface area contributed by atoms with E-state index >= 15 is 0 Å². The van der Waals surface area contributed by atoms with Crippen molar-refractivity contribution in [3.05, 3.63) is 0 Å². The first-order valence-electron chi connectivity index (χ1n) is 7.82. The zero-order chi connectivity index (χ0) is 13.8. The van der Waals surface area contributed by atoms with Crippen LogP contribution in [0.4, 0.5) is 0 Å². The Morgan fingerprint density at radius 1 is 1.30 bits per heavy atom. The molecular weight excluding hydrogens is 274 g/mol. The van der Waals surface area contributed by atoms with Crippen LogP contribution >= 0.6 is 12.4 Å². The largest absolute Gasteiger partial charge is 0.352 e. The SMILES string of the molecule is CC1CCCC(NC(=O)CN2CCC(CN)C2)C1C.Cl. The standard InChI is InChI=1S/C15H29N3O.ClH/c1-11-4-3-5-14(12(11)2)17-15(19)10-18-7-6-13(8-16)9-18;/h11-14H,3-10,16H2,1-2H3,(H,17,19);1H. The molecule has 4 unspecified atom stereocenters. The zero-order valence-electron chi connectivity index (χ0n) is 12.8. The molecule has 1 aliphatic heterocycles. The van der Waals surface area contributed by atoms with Gasteiger partial charge in [0.1, 0.15) is 0 Å². The fraction of sp³-hybridized carbons (Fsp3) is 0.933. The van der Waals surface area contributed by atoms with E-state index in [4.69, 9.17) is 5.73 Å². The van der Waals surface area contributed by atoms with Gasteiger partial charge in [-0.1, -0.05) is 26.7 Å². The van der Waals surface area contributed by atoms with E-state index in [2.05, 4.69) is 24.1 Å². The summed E-state index contributed by atoms with van der Waals surface area (Å²) in [7, 11) is 0. The van der Waals surface area contributed by atoms with Crippen LogP contribution < -0.4 is 11.1 Å². The average Bonchev–Trinajstić information content (AvgIpc) is 2.82. The lowest BCUT2D eigenvalue weighted by Crippen LogP contribution is -2.47. The summed E-state index contributed by atoms with van der Waals surface area (Å²) in [5.74, 6) is 2.12. The number of amides is 1. The van der Waals surface area contributed by atoms with Crippen molar-refractivity contribution in [2.24, 2.45) is 23.5 Å². The second kappa shape index (κ2) is 8.20. The molecule has 0 spiro atoms. The molecule has 3 N–H and O–H groups in total. The van der Waals surface area contributed by atoms with Crippen LogP contribution in [-0.4, -0.2) is 43.0 Å². The Kier molecular flexibility index (Phi) is 7.27. The van der Waals surface area contributed by atoms with E-state index in [-0.39, 0.29) is 18.3 Å². The third-order valence-electron chi connectivity index (χ3n) is 5.12. The molecule has 1 saturated carbocycles. The molecule has 5 heteroatoms. The van der Waals surface area contributed by atoms with Gasteiger partial charge in [-0.2, -0.15) is 0 Å². The van der Waals surface area contributed by atoms with Gasteiger partial charge in [-0.05, 0) is 43.7 Å². The number of carbonyl (C=O) groups is 1. The molecule has 1 heterocycles. The minimum atomic E-state index is 0. The summed E-state index contributed by atoms with van der Waals surface area (Å²) in [6.07, 6.45) is 4.83. The molecule has 4 nitrogen and oxygen atoms in total. The van der Waals surface area contributed by atoms with Crippen LogP contribution in [0.1, 0.15) is 39.5 Å². The molecule has 0 aromatic heterocycles. The molecule has 2 fully saturated rings. The predicted molar refractivity (Wildman–Crippen MR) is 85.0 cm³/mol. The number of carbonyl (C=O) groups excluding carboxylic acids is 1. The molecule has 2 rings (SSSR count). The molecule has 118 valence electrons. The lowest BCUT2D eigenvalue weighted by atomic mass is 9.78. The first kappa shape index (κ1) is 17.7. The third-order valence-corrected chi connectivity index (χ3v) is 5.12. The van der Waals surface area contributed by atoms with Gasteiger partial charge in [0.2, 0.25) is 5.91 Å². The van der Waals surface area contributed by atoms with Crippen molar-refractivity contribution in [2.45, 2.75) is 45.6 Å². The molecule has 0 aromatic rings. The smallest absolute Gasteiger partial charge is 0.234 e. The lowest BCUT2D eigenvalue weighted by molar-refractivity contribution is -0.123. The number of halogens is 1. The monoisotopic (exact) mass is 303 g/mol. The van der Waals surface area contributed by atoms with Crippen LogP contribution in [0, 0.1) is 17.8 Å². The Bertz CT molecular complexity index is 313. The second-order valence-corrected chi connectivity index (χ2v) is 6.57. The van der Waals surface area contributed by atoms with E-state index in [1.165, 1.54) is 12.8 Å². The molecule has 1 aliphatic carbocycles. The van der Waals surface area contributed by atoms with Crippen LogP contribution in [0.5, 0.6) is 0 Å². The van der Waals surface area contributed by atoms with Crippen molar-refractivity contribution in [2.75, 3.05) is 26.2 Å². The number of rotatable bonds is 4. The van der Waals surface area contributed by atoms with Gasteiger partial charge in [0, 0.05) is 12.6 Å². The normalized spacial score (nSPS) is 34.5. The third kappa shape index (κ3) is 4.61. The van der Waals surface area contributed by atoms with Crippen molar-refractivity contribution < 1.29 is 4.79 Å². The van der Waals surface area contributed by atoms with Gasteiger partial charge >= 0.3 is 0 Å². The molecule has 1 saturated heterocycles. The molecule has 4 atom stereocenters. The fourth-order valence-corrected chi connectivity index (χ4v) is 3.49. The summed E-state index contributed by atoms with van der Waals surface area (Å²) >= 11 is 0. The van der Waals surface area contributed by atoms with E-state index in [1.54, 1.807) is 0 Å². The minimum absolute atomic E-state index is 0. The predicted octanol–water partition coefficient (Wildman–Crippen LogP) is 1.63. The van der Waals surface area contributed by atoms with E-state index in [1.807, 2.05) is 0 Å². The van der Waals surface area contributed by atoms with Gasteiger partial charge in [0.05, 0.1) is 6.54 Å². The number of nitrogens with one attached hydrogen (secondary N) is 1. The van der Waals surface area contributed by atoms with E-state index in [9.17, 15) is 4.79 Å². The van der Waals surface area contributed by atoms with Gasteiger partial charge in [-0.15, -0.1) is 12.4 Å².